The number of hydrogen-bond donors (Lipinski definition) is 1. The van der Waals surface area contributed by atoms with Gasteiger partial charge >= 0.3 is 5.97 Å². The van der Waals surface area contributed by atoms with E-state index in [0.29, 0.717) is 0 Å². The van der Waals surface area contributed by atoms with Gasteiger partial charge in [0.15, 0.2) is 0 Å². The van der Waals surface area contributed by atoms with Crippen LogP contribution in [0.25, 0.3) is 0 Å². The van der Waals surface area contributed by atoms with Crippen LogP contribution < -0.4 is 4.74 Å². The zero-order valence-electron chi connectivity index (χ0n) is 14.2. The van der Waals surface area contributed by atoms with Crippen LogP contribution in [0.2, 0.25) is 19.6 Å². The van der Waals surface area contributed by atoms with Crippen LogP contribution in [0.5, 0.6) is 11.5 Å². The number of ether oxygens (including phenoxy) is 1. The molecular formula is C20H22O3Si. The Morgan fingerprint density at radius 3 is 2.17 bits per heavy atom. The van der Waals surface area contributed by atoms with Crippen LogP contribution in [-0.2, 0) is 4.79 Å². The molecule has 24 heavy (non-hydrogen) atoms. The minimum atomic E-state index is -1.54. The van der Waals surface area contributed by atoms with E-state index in [1.54, 1.807) is 0 Å². The Kier molecular flexibility index (Phi) is 5.83. The minimum absolute atomic E-state index is 0.0103. The maximum atomic E-state index is 11.1. The standard InChI is InChI=1S/C20H22O3Si/c1-24(2,3)14-13-17(15-20(21)22)16-9-11-19(12-10-16)23-18-7-5-4-6-8-18/h4-12,17H,15H2,1-3H3,(H,21,22). The van der Waals surface area contributed by atoms with E-state index in [1.807, 2.05) is 54.6 Å². The van der Waals surface area contributed by atoms with Gasteiger partial charge in [-0.2, -0.15) is 0 Å². The van der Waals surface area contributed by atoms with Gasteiger partial charge in [-0.3, -0.25) is 4.79 Å². The monoisotopic (exact) mass is 338 g/mol. The molecule has 0 spiro atoms. The van der Waals surface area contributed by atoms with Crippen molar-refractivity contribution >= 4 is 14.0 Å². The van der Waals surface area contributed by atoms with Gasteiger partial charge in [0.05, 0.1) is 12.3 Å². The molecular weight excluding hydrogens is 316 g/mol. The van der Waals surface area contributed by atoms with Crippen LogP contribution in [0, 0.1) is 11.5 Å². The Hall–Kier alpha value is -2.51. The van der Waals surface area contributed by atoms with Crippen molar-refractivity contribution in [1.82, 2.24) is 0 Å². The van der Waals surface area contributed by atoms with Crippen LogP contribution in [0.1, 0.15) is 17.9 Å². The van der Waals surface area contributed by atoms with E-state index in [1.165, 1.54) is 0 Å². The summed E-state index contributed by atoms with van der Waals surface area (Å²) >= 11 is 0. The number of carbonyl (C=O) groups is 1. The number of carboxylic acid groups (broad SMARTS) is 1. The predicted octanol–water partition coefficient (Wildman–Crippen LogP) is 4.92. The molecule has 2 aromatic carbocycles. The lowest BCUT2D eigenvalue weighted by molar-refractivity contribution is -0.137. The molecule has 1 atom stereocenters. The van der Waals surface area contributed by atoms with Gasteiger partial charge in [0.2, 0.25) is 0 Å². The Labute approximate surface area is 144 Å². The quantitative estimate of drug-likeness (QED) is 0.622. The molecule has 1 N–H and O–H groups in total. The molecule has 124 valence electrons. The second kappa shape index (κ2) is 7.85. The molecule has 0 saturated carbocycles. The summed E-state index contributed by atoms with van der Waals surface area (Å²) in [5.74, 6) is 3.53. The van der Waals surface area contributed by atoms with Gasteiger partial charge in [-0.25, -0.2) is 0 Å². The predicted molar refractivity (Wildman–Crippen MR) is 99.1 cm³/mol. The molecule has 0 heterocycles. The SMILES string of the molecule is C[Si](C)(C)C#CC(CC(=O)O)c1ccc(Oc2ccccc2)cc1. The van der Waals surface area contributed by atoms with E-state index in [-0.39, 0.29) is 12.3 Å². The van der Waals surface area contributed by atoms with Gasteiger partial charge < -0.3 is 9.84 Å². The second-order valence-electron chi connectivity index (χ2n) is 6.65. The average molecular weight is 338 g/mol. The normalized spacial score (nSPS) is 12.0. The minimum Gasteiger partial charge on any atom is -0.481 e. The summed E-state index contributed by atoms with van der Waals surface area (Å²) in [6.45, 7) is 6.44. The van der Waals surface area contributed by atoms with Crippen LogP contribution in [0.3, 0.4) is 0 Å². The molecule has 0 aliphatic heterocycles. The van der Waals surface area contributed by atoms with Gasteiger partial charge in [-0.15, -0.1) is 11.5 Å². The van der Waals surface area contributed by atoms with E-state index < -0.39 is 14.0 Å². The Bertz CT molecular complexity index is 734. The highest BCUT2D eigenvalue weighted by Crippen LogP contribution is 2.25. The highest BCUT2D eigenvalue weighted by Gasteiger charge is 2.15. The topological polar surface area (TPSA) is 46.5 Å². The van der Waals surface area contributed by atoms with Crippen LogP contribution in [-0.4, -0.2) is 19.1 Å². The van der Waals surface area contributed by atoms with Crippen molar-refractivity contribution in [1.29, 1.82) is 0 Å². The lowest BCUT2D eigenvalue weighted by Crippen LogP contribution is -2.17. The molecule has 0 aliphatic rings. The van der Waals surface area contributed by atoms with Gasteiger partial charge in [0.1, 0.15) is 19.6 Å². The number of carboxylic acids is 1. The first-order valence-corrected chi connectivity index (χ1v) is 11.4. The molecule has 2 rings (SSSR count). The van der Waals surface area contributed by atoms with Crippen molar-refractivity contribution in [3.63, 3.8) is 0 Å². The maximum Gasteiger partial charge on any atom is 0.304 e. The number of benzene rings is 2. The molecule has 0 saturated heterocycles. The van der Waals surface area contributed by atoms with Crippen molar-refractivity contribution in [3.05, 3.63) is 60.2 Å². The zero-order chi connectivity index (χ0) is 17.6. The number of para-hydroxylation sites is 1. The summed E-state index contributed by atoms with van der Waals surface area (Å²) in [4.78, 5) is 11.1. The summed E-state index contributed by atoms with van der Waals surface area (Å²) in [7, 11) is -1.54. The Morgan fingerprint density at radius 1 is 1.04 bits per heavy atom. The Morgan fingerprint density at radius 2 is 1.62 bits per heavy atom. The first-order valence-electron chi connectivity index (χ1n) is 7.91. The van der Waals surface area contributed by atoms with Crippen LogP contribution in [0.15, 0.2) is 54.6 Å². The van der Waals surface area contributed by atoms with Crippen molar-refractivity contribution < 1.29 is 14.6 Å². The smallest absolute Gasteiger partial charge is 0.304 e. The fourth-order valence-electron chi connectivity index (χ4n) is 2.12. The lowest BCUT2D eigenvalue weighted by atomic mass is 9.97. The second-order valence-corrected chi connectivity index (χ2v) is 11.4. The fourth-order valence-corrected chi connectivity index (χ4v) is 2.73. The number of hydrogen-bond acceptors (Lipinski definition) is 2. The van der Waals surface area contributed by atoms with Crippen molar-refractivity contribution in [2.45, 2.75) is 32.0 Å². The molecule has 0 aliphatic carbocycles. The first kappa shape index (κ1) is 17.8. The molecule has 0 amide bonds. The summed E-state index contributed by atoms with van der Waals surface area (Å²) in [6, 6.07) is 17.0. The molecule has 0 radical (unpaired) electrons. The molecule has 4 heteroatoms. The number of aliphatic carboxylic acids is 1. The summed E-state index contributed by atoms with van der Waals surface area (Å²) in [5.41, 5.74) is 4.18. The van der Waals surface area contributed by atoms with E-state index in [2.05, 4.69) is 31.1 Å². The van der Waals surface area contributed by atoms with Gasteiger partial charge in [0, 0.05) is 0 Å². The maximum absolute atomic E-state index is 11.1. The Balaban J connectivity index is 2.18. The first-order chi connectivity index (χ1) is 11.3. The summed E-state index contributed by atoms with van der Waals surface area (Å²) in [5, 5.41) is 9.14. The van der Waals surface area contributed by atoms with Crippen LogP contribution in [0.4, 0.5) is 0 Å². The van der Waals surface area contributed by atoms with Crippen molar-refractivity contribution in [2.24, 2.45) is 0 Å². The highest BCUT2D eigenvalue weighted by atomic mass is 28.3. The summed E-state index contributed by atoms with van der Waals surface area (Å²) < 4.78 is 5.76. The van der Waals surface area contributed by atoms with E-state index >= 15 is 0 Å². The third-order valence-corrected chi connectivity index (χ3v) is 4.16. The van der Waals surface area contributed by atoms with E-state index in [4.69, 9.17) is 9.84 Å². The largest absolute Gasteiger partial charge is 0.481 e. The van der Waals surface area contributed by atoms with Crippen LogP contribution >= 0.6 is 0 Å². The molecule has 2 aromatic rings. The van der Waals surface area contributed by atoms with Gasteiger partial charge in [0.25, 0.3) is 0 Å². The number of rotatable bonds is 5. The van der Waals surface area contributed by atoms with Crippen molar-refractivity contribution in [2.75, 3.05) is 0 Å². The average Bonchev–Trinajstić information content (AvgIpc) is 2.52. The summed E-state index contributed by atoms with van der Waals surface area (Å²) in [6.07, 6.45) is 0.0103. The molecule has 0 bridgehead atoms. The molecule has 3 nitrogen and oxygen atoms in total. The van der Waals surface area contributed by atoms with Crippen molar-refractivity contribution in [3.8, 4) is 23.0 Å². The van der Waals surface area contributed by atoms with Gasteiger partial charge in [-0.1, -0.05) is 50.0 Å². The van der Waals surface area contributed by atoms with E-state index in [0.717, 1.165) is 17.1 Å². The van der Waals surface area contributed by atoms with Gasteiger partial charge in [-0.05, 0) is 29.8 Å². The highest BCUT2D eigenvalue weighted by molar-refractivity contribution is 6.83. The molecule has 0 fully saturated rings. The van der Waals surface area contributed by atoms with E-state index in [9.17, 15) is 4.79 Å². The third kappa shape index (κ3) is 5.94. The molecule has 1 unspecified atom stereocenters. The lowest BCUT2D eigenvalue weighted by Gasteiger charge is -2.12. The molecule has 0 aromatic heterocycles. The fraction of sp³-hybridized carbons (Fsp3) is 0.250. The third-order valence-electron chi connectivity index (χ3n) is 3.26. The zero-order valence-corrected chi connectivity index (χ0v) is 15.2.